The molecule has 1 aromatic heterocycles. The molecular weight excluding hydrogens is 320 g/mol. The molecular formula is C23H22N2O. The highest BCUT2D eigenvalue weighted by atomic mass is 16.3. The minimum atomic E-state index is 0.265. The van der Waals surface area contributed by atoms with Gasteiger partial charge in [0.2, 0.25) is 0 Å². The monoisotopic (exact) mass is 342 g/mol. The van der Waals surface area contributed by atoms with E-state index in [1.54, 1.807) is 12.1 Å². The second-order valence-electron chi connectivity index (χ2n) is 6.67. The second kappa shape index (κ2) is 7.54. The van der Waals surface area contributed by atoms with E-state index < -0.39 is 0 Å². The van der Waals surface area contributed by atoms with Crippen molar-refractivity contribution in [2.75, 3.05) is 6.54 Å². The maximum atomic E-state index is 9.70. The first-order chi connectivity index (χ1) is 12.8. The normalized spacial score (nSPS) is 16.9. The quantitative estimate of drug-likeness (QED) is 0.737. The predicted octanol–water partition coefficient (Wildman–Crippen LogP) is 4.44. The lowest BCUT2D eigenvalue weighted by Gasteiger charge is -2.24. The van der Waals surface area contributed by atoms with E-state index in [9.17, 15) is 5.11 Å². The first-order valence-electron chi connectivity index (χ1n) is 9.01. The number of nitrogens with zero attached hydrogens (tertiary/aromatic N) is 1. The van der Waals surface area contributed by atoms with Crippen LogP contribution in [0.4, 0.5) is 0 Å². The number of hydrogen-bond acceptors (Lipinski definition) is 3. The molecule has 26 heavy (non-hydrogen) atoms. The summed E-state index contributed by atoms with van der Waals surface area (Å²) in [4.78, 5) is 4.81. The summed E-state index contributed by atoms with van der Waals surface area (Å²) in [5.41, 5.74) is 5.61. The summed E-state index contributed by atoms with van der Waals surface area (Å²) in [7, 11) is 0. The molecule has 4 rings (SSSR count). The third-order valence-electron chi connectivity index (χ3n) is 4.77. The average molecular weight is 342 g/mol. The molecule has 3 heteroatoms. The van der Waals surface area contributed by atoms with E-state index in [0.717, 1.165) is 36.3 Å². The van der Waals surface area contributed by atoms with Gasteiger partial charge in [-0.15, -0.1) is 0 Å². The van der Waals surface area contributed by atoms with Gasteiger partial charge < -0.3 is 10.4 Å². The molecule has 1 aliphatic heterocycles. The van der Waals surface area contributed by atoms with Crippen LogP contribution in [0.25, 0.3) is 16.8 Å². The van der Waals surface area contributed by atoms with Crippen LogP contribution >= 0.6 is 0 Å². The van der Waals surface area contributed by atoms with E-state index >= 15 is 0 Å². The molecule has 1 unspecified atom stereocenters. The Morgan fingerprint density at radius 2 is 1.73 bits per heavy atom. The maximum absolute atomic E-state index is 9.70. The van der Waals surface area contributed by atoms with E-state index in [1.165, 1.54) is 11.1 Å². The Balaban J connectivity index is 1.50. The number of aromatic hydroxyl groups is 1. The molecule has 3 nitrogen and oxygen atoms in total. The van der Waals surface area contributed by atoms with Crippen molar-refractivity contribution in [2.45, 2.75) is 18.9 Å². The summed E-state index contributed by atoms with van der Waals surface area (Å²) in [5.74, 6) is 0.265. The van der Waals surface area contributed by atoms with Crippen molar-refractivity contribution in [1.82, 2.24) is 10.3 Å². The van der Waals surface area contributed by atoms with E-state index in [2.05, 4.69) is 47.8 Å². The molecule has 130 valence electrons. The van der Waals surface area contributed by atoms with Crippen molar-refractivity contribution in [3.8, 4) is 17.0 Å². The van der Waals surface area contributed by atoms with E-state index in [-0.39, 0.29) is 5.75 Å². The SMILES string of the molecule is Oc1cccc(-c2cccc(CC3CC(c4ccccc4)=CCN3)n2)c1. The standard InChI is InChI=1S/C23H22N2O/c26-22-10-4-8-19(15-22)23-11-5-9-20(25-23)16-21-14-18(12-13-24-21)17-6-2-1-3-7-17/h1-12,15,21,24,26H,13-14,16H2. The molecule has 2 heterocycles. The lowest BCUT2D eigenvalue weighted by atomic mass is 9.93. The van der Waals surface area contributed by atoms with Crippen LogP contribution in [0.3, 0.4) is 0 Å². The van der Waals surface area contributed by atoms with Crippen molar-refractivity contribution >= 4 is 5.57 Å². The van der Waals surface area contributed by atoms with Gasteiger partial charge in [-0.2, -0.15) is 0 Å². The van der Waals surface area contributed by atoms with Crippen LogP contribution in [0, 0.1) is 0 Å². The average Bonchev–Trinajstić information content (AvgIpc) is 2.69. The Labute approximate surface area is 154 Å². The molecule has 0 aliphatic carbocycles. The summed E-state index contributed by atoms with van der Waals surface area (Å²) < 4.78 is 0. The third kappa shape index (κ3) is 3.84. The van der Waals surface area contributed by atoms with Gasteiger partial charge in [-0.3, -0.25) is 4.98 Å². The van der Waals surface area contributed by atoms with Gasteiger partial charge in [-0.25, -0.2) is 0 Å². The van der Waals surface area contributed by atoms with Crippen LogP contribution in [0.15, 0.2) is 78.9 Å². The van der Waals surface area contributed by atoms with Crippen LogP contribution in [0.5, 0.6) is 5.75 Å². The van der Waals surface area contributed by atoms with Gasteiger partial charge >= 0.3 is 0 Å². The van der Waals surface area contributed by atoms with Gasteiger partial charge in [0.25, 0.3) is 0 Å². The van der Waals surface area contributed by atoms with Crippen LogP contribution in [0.2, 0.25) is 0 Å². The molecule has 0 radical (unpaired) electrons. The van der Waals surface area contributed by atoms with Crippen LogP contribution in [-0.2, 0) is 6.42 Å². The van der Waals surface area contributed by atoms with Gasteiger partial charge in [0.1, 0.15) is 5.75 Å². The van der Waals surface area contributed by atoms with Gasteiger partial charge in [-0.05, 0) is 41.8 Å². The molecule has 1 atom stereocenters. The fourth-order valence-electron chi connectivity index (χ4n) is 3.47. The smallest absolute Gasteiger partial charge is 0.116 e. The number of benzene rings is 2. The van der Waals surface area contributed by atoms with E-state index in [4.69, 9.17) is 4.98 Å². The molecule has 0 amide bonds. The number of aromatic nitrogens is 1. The summed E-state index contributed by atoms with van der Waals surface area (Å²) in [6.45, 7) is 0.890. The summed E-state index contributed by atoms with van der Waals surface area (Å²) in [6.07, 6.45) is 4.17. The zero-order chi connectivity index (χ0) is 17.8. The third-order valence-corrected chi connectivity index (χ3v) is 4.77. The molecule has 2 aromatic carbocycles. The first kappa shape index (κ1) is 16.6. The van der Waals surface area contributed by atoms with Crippen molar-refractivity contribution in [3.05, 3.63) is 90.1 Å². The fraction of sp³-hybridized carbons (Fsp3) is 0.174. The molecule has 0 fully saturated rings. The first-order valence-corrected chi connectivity index (χ1v) is 9.01. The van der Waals surface area contributed by atoms with Crippen LogP contribution < -0.4 is 5.32 Å². The van der Waals surface area contributed by atoms with Crippen LogP contribution in [0.1, 0.15) is 17.7 Å². The maximum Gasteiger partial charge on any atom is 0.116 e. The van der Waals surface area contributed by atoms with Gasteiger partial charge in [0, 0.05) is 30.3 Å². The molecule has 0 bridgehead atoms. The van der Waals surface area contributed by atoms with Gasteiger partial charge in [0.15, 0.2) is 0 Å². The summed E-state index contributed by atoms with van der Waals surface area (Å²) >= 11 is 0. The second-order valence-corrected chi connectivity index (χ2v) is 6.67. The highest BCUT2D eigenvalue weighted by molar-refractivity contribution is 5.67. The van der Waals surface area contributed by atoms with Crippen LogP contribution in [-0.4, -0.2) is 22.7 Å². The van der Waals surface area contributed by atoms with Crippen molar-refractivity contribution in [1.29, 1.82) is 0 Å². The molecule has 0 spiro atoms. The zero-order valence-corrected chi connectivity index (χ0v) is 14.6. The van der Waals surface area contributed by atoms with Gasteiger partial charge in [0.05, 0.1) is 5.69 Å². The molecule has 1 aliphatic rings. The number of pyridine rings is 1. The van der Waals surface area contributed by atoms with Crippen molar-refractivity contribution < 1.29 is 5.11 Å². The number of phenolic OH excluding ortho intramolecular Hbond substituents is 1. The van der Waals surface area contributed by atoms with E-state index in [1.807, 2.05) is 24.3 Å². The minimum Gasteiger partial charge on any atom is -0.508 e. The Morgan fingerprint density at radius 3 is 2.58 bits per heavy atom. The Kier molecular flexibility index (Phi) is 4.80. The molecule has 0 saturated carbocycles. The highest BCUT2D eigenvalue weighted by Gasteiger charge is 2.17. The lowest BCUT2D eigenvalue weighted by molar-refractivity contribution is 0.475. The Hall–Kier alpha value is -2.91. The van der Waals surface area contributed by atoms with Gasteiger partial charge in [-0.1, -0.05) is 54.6 Å². The lowest BCUT2D eigenvalue weighted by Crippen LogP contribution is -2.34. The molecule has 2 N–H and O–H groups in total. The highest BCUT2D eigenvalue weighted by Crippen LogP contribution is 2.25. The Bertz CT molecular complexity index is 918. The topological polar surface area (TPSA) is 45.1 Å². The molecule has 3 aromatic rings. The van der Waals surface area contributed by atoms with Crippen molar-refractivity contribution in [3.63, 3.8) is 0 Å². The molecule has 0 saturated heterocycles. The minimum absolute atomic E-state index is 0.265. The Morgan fingerprint density at radius 1 is 0.923 bits per heavy atom. The van der Waals surface area contributed by atoms with E-state index in [0.29, 0.717) is 6.04 Å². The number of hydrogen-bond donors (Lipinski definition) is 2. The largest absolute Gasteiger partial charge is 0.508 e. The number of phenols is 1. The predicted molar refractivity (Wildman–Crippen MR) is 106 cm³/mol. The van der Waals surface area contributed by atoms with Crippen molar-refractivity contribution in [2.24, 2.45) is 0 Å². The number of rotatable bonds is 4. The fourth-order valence-corrected chi connectivity index (χ4v) is 3.47. The summed E-state index contributed by atoms with van der Waals surface area (Å²) in [6, 6.07) is 24.3. The number of nitrogens with one attached hydrogen (secondary N) is 1. The summed E-state index contributed by atoms with van der Waals surface area (Å²) in [5, 5.41) is 13.3. The zero-order valence-electron chi connectivity index (χ0n) is 14.6.